The lowest BCUT2D eigenvalue weighted by molar-refractivity contribution is -0.142. The molecule has 0 amide bonds. The highest BCUT2D eigenvalue weighted by Gasteiger charge is 2.24. The summed E-state index contributed by atoms with van der Waals surface area (Å²) in [5.74, 6) is -1.03. The van der Waals surface area contributed by atoms with E-state index in [4.69, 9.17) is 9.68 Å². The minimum Gasteiger partial charge on any atom is -0.316 e. The van der Waals surface area contributed by atoms with E-state index in [0.29, 0.717) is 22.4 Å². The van der Waals surface area contributed by atoms with E-state index in [-0.39, 0.29) is 16.7 Å². The summed E-state index contributed by atoms with van der Waals surface area (Å²) in [5.41, 5.74) is 1.86. The second kappa shape index (κ2) is 10.7. The van der Waals surface area contributed by atoms with Gasteiger partial charge < -0.3 is 9.68 Å². The Balaban J connectivity index is 1.70. The number of benzene rings is 2. The van der Waals surface area contributed by atoms with Gasteiger partial charge in [-0.1, -0.05) is 83.1 Å². The number of nitrogens with zero attached hydrogens (tertiary/aromatic N) is 2. The molecule has 6 nitrogen and oxygen atoms in total. The van der Waals surface area contributed by atoms with Crippen molar-refractivity contribution >= 4 is 46.5 Å². The summed E-state index contributed by atoms with van der Waals surface area (Å²) in [4.78, 5) is 35.8. The fourth-order valence-electron chi connectivity index (χ4n) is 2.87. The molecule has 0 N–H and O–H groups in total. The van der Waals surface area contributed by atoms with Crippen molar-refractivity contribution in [2.45, 2.75) is 11.7 Å². The summed E-state index contributed by atoms with van der Waals surface area (Å²) >= 11 is 2.65. The molecule has 8 heteroatoms. The Morgan fingerprint density at radius 3 is 1.97 bits per heavy atom. The third kappa shape index (κ3) is 5.40. The maximum Gasteiger partial charge on any atom is 0.375 e. The van der Waals surface area contributed by atoms with Crippen LogP contribution in [0.2, 0.25) is 0 Å². The summed E-state index contributed by atoms with van der Waals surface area (Å²) in [6.07, 6.45) is 2.51. The quantitative estimate of drug-likeness (QED) is 0.271. The van der Waals surface area contributed by atoms with Crippen LogP contribution < -0.4 is 0 Å². The zero-order valence-corrected chi connectivity index (χ0v) is 18.4. The predicted octanol–water partition coefficient (Wildman–Crippen LogP) is 5.28. The van der Waals surface area contributed by atoms with Crippen LogP contribution in [0.1, 0.15) is 27.2 Å². The second-order valence-corrected chi connectivity index (χ2v) is 8.67. The molecule has 1 atom stereocenters. The molecule has 1 aliphatic rings. The monoisotopic (exact) mass is 462 g/mol. The average Bonchev–Trinajstić information content (AvgIpc) is 3.57. The number of thioether (sulfide) groups is 1. The lowest BCUT2D eigenvalue weighted by atomic mass is 10.00. The van der Waals surface area contributed by atoms with Gasteiger partial charge in [-0.25, -0.2) is 9.59 Å². The fraction of sp³-hybridized carbons (Fsp3) is 0.0833. The van der Waals surface area contributed by atoms with Crippen molar-refractivity contribution < 1.29 is 19.3 Å². The highest BCUT2D eigenvalue weighted by Crippen LogP contribution is 2.25. The molecule has 0 radical (unpaired) electrons. The summed E-state index contributed by atoms with van der Waals surface area (Å²) in [5, 5.41) is 11.6. The molecule has 1 aliphatic heterocycles. The third-order valence-electron chi connectivity index (χ3n) is 4.44. The SMILES string of the molecule is O=C(O/N=C(\C(=N/OC(=O)C1CC=CS1)c1ccccc1)c1ccccc1)c1cccs1. The first-order valence-corrected chi connectivity index (χ1v) is 11.6. The van der Waals surface area contributed by atoms with Gasteiger partial charge in [0.25, 0.3) is 0 Å². The topological polar surface area (TPSA) is 77.3 Å². The van der Waals surface area contributed by atoms with Crippen LogP contribution in [0.5, 0.6) is 0 Å². The molecular formula is C24H18N2O4S2. The minimum atomic E-state index is -0.578. The van der Waals surface area contributed by atoms with Gasteiger partial charge in [0.05, 0.1) is 0 Å². The average molecular weight is 463 g/mol. The van der Waals surface area contributed by atoms with Crippen molar-refractivity contribution in [3.8, 4) is 0 Å². The molecule has 32 heavy (non-hydrogen) atoms. The highest BCUT2D eigenvalue weighted by atomic mass is 32.2. The van der Waals surface area contributed by atoms with E-state index >= 15 is 0 Å². The molecule has 0 spiro atoms. The van der Waals surface area contributed by atoms with Gasteiger partial charge in [-0.2, -0.15) is 0 Å². The Bertz CT molecular complexity index is 1150. The van der Waals surface area contributed by atoms with E-state index in [1.165, 1.54) is 23.1 Å². The summed E-state index contributed by atoms with van der Waals surface area (Å²) in [6.45, 7) is 0. The van der Waals surface area contributed by atoms with E-state index in [1.54, 1.807) is 17.5 Å². The van der Waals surface area contributed by atoms with Crippen LogP contribution in [0, 0.1) is 0 Å². The van der Waals surface area contributed by atoms with Crippen molar-refractivity contribution in [1.29, 1.82) is 0 Å². The van der Waals surface area contributed by atoms with Crippen molar-refractivity contribution in [2.24, 2.45) is 10.3 Å². The largest absolute Gasteiger partial charge is 0.375 e. The first-order chi connectivity index (χ1) is 15.7. The van der Waals surface area contributed by atoms with E-state index in [2.05, 4.69) is 10.3 Å². The van der Waals surface area contributed by atoms with Crippen LogP contribution in [-0.4, -0.2) is 28.6 Å². The van der Waals surface area contributed by atoms with E-state index in [0.717, 1.165) is 0 Å². The maximum absolute atomic E-state index is 12.4. The molecule has 160 valence electrons. The number of thiophene rings is 1. The summed E-state index contributed by atoms with van der Waals surface area (Å²) in [7, 11) is 0. The van der Waals surface area contributed by atoms with Gasteiger partial charge in [-0.15, -0.1) is 23.1 Å². The zero-order chi connectivity index (χ0) is 22.2. The molecule has 0 bridgehead atoms. The zero-order valence-electron chi connectivity index (χ0n) is 16.8. The van der Waals surface area contributed by atoms with Gasteiger partial charge in [-0.05, 0) is 23.3 Å². The van der Waals surface area contributed by atoms with E-state index in [9.17, 15) is 9.59 Å². The van der Waals surface area contributed by atoms with Crippen LogP contribution >= 0.6 is 23.1 Å². The molecule has 0 saturated heterocycles. The molecule has 2 aromatic carbocycles. The van der Waals surface area contributed by atoms with Crippen LogP contribution in [0.25, 0.3) is 0 Å². The number of carbonyl (C=O) groups excluding carboxylic acids is 2. The summed E-state index contributed by atoms with van der Waals surface area (Å²) in [6, 6.07) is 21.8. The number of hydrogen-bond acceptors (Lipinski definition) is 8. The lowest BCUT2D eigenvalue weighted by Crippen LogP contribution is -2.22. The second-order valence-electron chi connectivity index (χ2n) is 6.61. The number of carbonyl (C=O) groups is 2. The van der Waals surface area contributed by atoms with Gasteiger partial charge in [0.15, 0.2) is 0 Å². The minimum absolute atomic E-state index is 0.270. The number of rotatable bonds is 7. The molecule has 0 aliphatic carbocycles. The van der Waals surface area contributed by atoms with Crippen LogP contribution in [0.15, 0.2) is 100.0 Å². The van der Waals surface area contributed by atoms with Gasteiger partial charge in [-0.3, -0.25) is 0 Å². The van der Waals surface area contributed by atoms with Crippen LogP contribution in [-0.2, 0) is 14.5 Å². The Morgan fingerprint density at radius 1 is 0.812 bits per heavy atom. The maximum atomic E-state index is 12.4. The Morgan fingerprint density at radius 2 is 1.44 bits per heavy atom. The standard InChI is InChI=1S/C24H18N2O4S2/c27-23(19-13-7-15-31-19)29-25-21(17-9-3-1-4-10-17)22(18-11-5-2-6-12-18)26-30-24(28)20-14-8-16-32-20/h1-13,15-16,20H,14H2/b25-21-,26-22-. The van der Waals surface area contributed by atoms with Gasteiger partial charge in [0.2, 0.25) is 0 Å². The molecule has 0 saturated carbocycles. The first kappa shape index (κ1) is 21.7. The number of hydrogen-bond donors (Lipinski definition) is 0. The normalized spacial score (nSPS) is 16.1. The van der Waals surface area contributed by atoms with Crippen molar-refractivity contribution in [2.75, 3.05) is 0 Å². The molecule has 4 rings (SSSR count). The van der Waals surface area contributed by atoms with Gasteiger partial charge >= 0.3 is 11.9 Å². The van der Waals surface area contributed by atoms with Crippen molar-refractivity contribution in [3.63, 3.8) is 0 Å². The third-order valence-corrected chi connectivity index (χ3v) is 6.35. The molecule has 1 aromatic heterocycles. The van der Waals surface area contributed by atoms with E-state index < -0.39 is 11.9 Å². The molecule has 2 heterocycles. The molecule has 0 fully saturated rings. The van der Waals surface area contributed by atoms with Crippen molar-refractivity contribution in [1.82, 2.24) is 0 Å². The Kier molecular flexibility index (Phi) is 7.27. The number of allylic oxidation sites excluding steroid dienone is 1. The molecule has 1 unspecified atom stereocenters. The van der Waals surface area contributed by atoms with Crippen molar-refractivity contribution in [3.05, 3.63) is 106 Å². The number of oxime groups is 2. The van der Waals surface area contributed by atoms with Crippen LogP contribution in [0.4, 0.5) is 0 Å². The Labute approximate surface area is 193 Å². The molecule has 3 aromatic rings. The smallest absolute Gasteiger partial charge is 0.316 e. The predicted molar refractivity (Wildman–Crippen MR) is 127 cm³/mol. The first-order valence-electron chi connectivity index (χ1n) is 9.76. The Hall–Kier alpha value is -3.49. The lowest BCUT2D eigenvalue weighted by Gasteiger charge is -2.11. The van der Waals surface area contributed by atoms with E-state index in [1.807, 2.05) is 72.1 Å². The highest BCUT2D eigenvalue weighted by molar-refractivity contribution is 8.03. The van der Waals surface area contributed by atoms with Crippen LogP contribution in [0.3, 0.4) is 0 Å². The van der Waals surface area contributed by atoms with Gasteiger partial charge in [0.1, 0.15) is 21.6 Å². The van der Waals surface area contributed by atoms with Gasteiger partial charge in [0, 0.05) is 11.1 Å². The molecular weight excluding hydrogens is 444 g/mol. The summed E-state index contributed by atoms with van der Waals surface area (Å²) < 4.78 is 0. The fourth-order valence-corrected chi connectivity index (χ4v) is 4.25.